The molecule has 0 saturated carbocycles. The standard InChI is InChI=1S/C14H15F2N3O2/c1-3-9-7-10(4-2)18(17-9)13-6-5-11(19(20)21)8-12(13)14(15)16/h5-8,14H,3-4H2,1-2H3. The van der Waals surface area contributed by atoms with E-state index in [-0.39, 0.29) is 16.9 Å². The lowest BCUT2D eigenvalue weighted by Crippen LogP contribution is -2.06. The molecule has 0 aliphatic heterocycles. The van der Waals surface area contributed by atoms with E-state index in [1.165, 1.54) is 16.8 Å². The van der Waals surface area contributed by atoms with Crippen LogP contribution in [0.4, 0.5) is 14.5 Å². The van der Waals surface area contributed by atoms with Crippen LogP contribution in [0.5, 0.6) is 0 Å². The van der Waals surface area contributed by atoms with E-state index in [0.29, 0.717) is 12.8 Å². The summed E-state index contributed by atoms with van der Waals surface area (Å²) in [4.78, 5) is 10.1. The summed E-state index contributed by atoms with van der Waals surface area (Å²) in [5.74, 6) is 0. The third-order valence-corrected chi connectivity index (χ3v) is 3.24. The topological polar surface area (TPSA) is 61.0 Å². The van der Waals surface area contributed by atoms with Crippen molar-refractivity contribution in [2.45, 2.75) is 33.1 Å². The van der Waals surface area contributed by atoms with Crippen molar-refractivity contribution in [2.75, 3.05) is 0 Å². The molecule has 2 rings (SSSR count). The number of nitro groups is 1. The SMILES string of the molecule is CCc1cc(CC)n(-c2ccc([N+](=O)[O-])cc2C(F)F)n1. The van der Waals surface area contributed by atoms with E-state index in [0.717, 1.165) is 17.5 Å². The van der Waals surface area contributed by atoms with E-state index in [9.17, 15) is 18.9 Å². The Labute approximate surface area is 120 Å². The van der Waals surface area contributed by atoms with Gasteiger partial charge >= 0.3 is 0 Å². The molecule has 0 saturated heterocycles. The number of hydrogen-bond donors (Lipinski definition) is 0. The second kappa shape index (κ2) is 5.99. The van der Waals surface area contributed by atoms with E-state index in [1.807, 2.05) is 19.9 Å². The number of hydrogen-bond acceptors (Lipinski definition) is 3. The van der Waals surface area contributed by atoms with Crippen LogP contribution in [0.1, 0.15) is 37.2 Å². The molecular weight excluding hydrogens is 280 g/mol. The molecule has 0 N–H and O–H groups in total. The molecule has 0 aliphatic carbocycles. The Morgan fingerprint density at radius 2 is 2.00 bits per heavy atom. The van der Waals surface area contributed by atoms with Gasteiger partial charge in [-0.15, -0.1) is 0 Å². The summed E-state index contributed by atoms with van der Waals surface area (Å²) in [6, 6.07) is 5.31. The third kappa shape index (κ3) is 2.91. The maximum atomic E-state index is 13.2. The van der Waals surface area contributed by atoms with Gasteiger partial charge in [0.05, 0.1) is 21.9 Å². The number of nitro benzene ring substituents is 1. The van der Waals surface area contributed by atoms with Crippen molar-refractivity contribution in [3.8, 4) is 5.69 Å². The molecule has 1 aromatic carbocycles. The van der Waals surface area contributed by atoms with Crippen LogP contribution < -0.4 is 0 Å². The van der Waals surface area contributed by atoms with Crippen molar-refractivity contribution in [2.24, 2.45) is 0 Å². The molecule has 2 aromatic rings. The zero-order valence-corrected chi connectivity index (χ0v) is 11.7. The molecule has 7 heteroatoms. The van der Waals surface area contributed by atoms with Crippen LogP contribution in [0.25, 0.3) is 5.69 Å². The first-order chi connectivity index (χ1) is 9.97. The van der Waals surface area contributed by atoms with Gasteiger partial charge in [0.25, 0.3) is 12.1 Å². The summed E-state index contributed by atoms with van der Waals surface area (Å²) in [6.07, 6.45) is -1.48. The van der Waals surface area contributed by atoms with Gasteiger partial charge in [0.1, 0.15) is 0 Å². The van der Waals surface area contributed by atoms with Crippen LogP contribution >= 0.6 is 0 Å². The monoisotopic (exact) mass is 295 g/mol. The van der Waals surface area contributed by atoms with E-state index in [1.54, 1.807) is 0 Å². The Balaban J connectivity index is 2.62. The van der Waals surface area contributed by atoms with Crippen LogP contribution in [0, 0.1) is 10.1 Å². The van der Waals surface area contributed by atoms with Gasteiger partial charge in [-0.1, -0.05) is 13.8 Å². The van der Waals surface area contributed by atoms with Crippen molar-refractivity contribution in [1.29, 1.82) is 0 Å². The van der Waals surface area contributed by atoms with Gasteiger partial charge in [-0.25, -0.2) is 13.5 Å². The average Bonchev–Trinajstić information content (AvgIpc) is 2.89. The lowest BCUT2D eigenvalue weighted by molar-refractivity contribution is -0.385. The van der Waals surface area contributed by atoms with Crippen molar-refractivity contribution < 1.29 is 13.7 Å². The van der Waals surface area contributed by atoms with E-state index >= 15 is 0 Å². The van der Waals surface area contributed by atoms with Gasteiger partial charge in [-0.05, 0) is 25.0 Å². The lowest BCUT2D eigenvalue weighted by atomic mass is 10.1. The predicted octanol–water partition coefficient (Wildman–Crippen LogP) is 3.84. The van der Waals surface area contributed by atoms with Crippen LogP contribution in [-0.2, 0) is 12.8 Å². The summed E-state index contributed by atoms with van der Waals surface area (Å²) in [6.45, 7) is 3.83. The second-order valence-corrected chi connectivity index (χ2v) is 4.55. The van der Waals surface area contributed by atoms with E-state index in [4.69, 9.17) is 0 Å². The normalized spacial score (nSPS) is 11.1. The molecule has 0 spiro atoms. The number of nitrogens with zero attached hydrogens (tertiary/aromatic N) is 3. The summed E-state index contributed by atoms with van der Waals surface area (Å²) in [5.41, 5.74) is 1.04. The van der Waals surface area contributed by atoms with Crippen molar-refractivity contribution >= 4 is 5.69 Å². The Bertz CT molecular complexity index is 668. The number of halogens is 2. The average molecular weight is 295 g/mol. The highest BCUT2D eigenvalue weighted by atomic mass is 19.3. The molecule has 0 unspecified atom stereocenters. The summed E-state index contributed by atoms with van der Waals surface area (Å²) in [5, 5.41) is 15.0. The summed E-state index contributed by atoms with van der Waals surface area (Å²) in [7, 11) is 0. The molecule has 0 amide bonds. The number of rotatable bonds is 5. The minimum Gasteiger partial charge on any atom is -0.258 e. The Hall–Kier alpha value is -2.31. The lowest BCUT2D eigenvalue weighted by Gasteiger charge is -2.11. The van der Waals surface area contributed by atoms with E-state index < -0.39 is 11.3 Å². The Morgan fingerprint density at radius 3 is 2.52 bits per heavy atom. The molecule has 1 heterocycles. The molecule has 0 atom stereocenters. The van der Waals surface area contributed by atoms with Crippen LogP contribution in [0.15, 0.2) is 24.3 Å². The van der Waals surface area contributed by atoms with Crippen molar-refractivity contribution in [3.63, 3.8) is 0 Å². The number of alkyl halides is 2. The van der Waals surface area contributed by atoms with Gasteiger partial charge in [0.2, 0.25) is 0 Å². The third-order valence-electron chi connectivity index (χ3n) is 3.24. The van der Waals surface area contributed by atoms with Crippen molar-refractivity contribution in [1.82, 2.24) is 9.78 Å². The molecule has 1 aromatic heterocycles. The van der Waals surface area contributed by atoms with Gasteiger partial charge in [-0.2, -0.15) is 5.10 Å². The zero-order chi connectivity index (χ0) is 15.6. The van der Waals surface area contributed by atoms with Crippen LogP contribution in [0.2, 0.25) is 0 Å². The van der Waals surface area contributed by atoms with Gasteiger partial charge in [0.15, 0.2) is 0 Å². The highest BCUT2D eigenvalue weighted by molar-refractivity contribution is 5.49. The highest BCUT2D eigenvalue weighted by Gasteiger charge is 2.21. The molecule has 0 bridgehead atoms. The molecule has 0 radical (unpaired) electrons. The van der Waals surface area contributed by atoms with Gasteiger partial charge in [-0.3, -0.25) is 10.1 Å². The molecule has 0 aliphatic rings. The maximum Gasteiger partial charge on any atom is 0.270 e. The first-order valence-electron chi connectivity index (χ1n) is 6.62. The van der Waals surface area contributed by atoms with Crippen LogP contribution in [0.3, 0.4) is 0 Å². The molecule has 21 heavy (non-hydrogen) atoms. The fourth-order valence-electron chi connectivity index (χ4n) is 2.13. The molecule has 5 nitrogen and oxygen atoms in total. The summed E-state index contributed by atoms with van der Waals surface area (Å²) < 4.78 is 27.9. The highest BCUT2D eigenvalue weighted by Crippen LogP contribution is 2.30. The number of aromatic nitrogens is 2. The number of non-ortho nitro benzene ring substituents is 1. The van der Waals surface area contributed by atoms with Crippen molar-refractivity contribution in [3.05, 3.63) is 51.3 Å². The minimum absolute atomic E-state index is 0.187. The smallest absolute Gasteiger partial charge is 0.258 e. The van der Waals surface area contributed by atoms with Gasteiger partial charge < -0.3 is 0 Å². The first-order valence-corrected chi connectivity index (χ1v) is 6.62. The number of benzene rings is 1. The number of aryl methyl sites for hydroxylation is 2. The zero-order valence-electron chi connectivity index (χ0n) is 11.7. The minimum atomic E-state index is -2.81. The molecule has 0 fully saturated rings. The Morgan fingerprint density at radius 1 is 1.29 bits per heavy atom. The fourth-order valence-corrected chi connectivity index (χ4v) is 2.13. The molecule has 112 valence electrons. The summed E-state index contributed by atoms with van der Waals surface area (Å²) >= 11 is 0. The Kier molecular flexibility index (Phi) is 4.30. The maximum absolute atomic E-state index is 13.2. The van der Waals surface area contributed by atoms with Gasteiger partial charge in [0, 0.05) is 17.8 Å². The molecular formula is C14H15F2N3O2. The predicted molar refractivity (Wildman–Crippen MR) is 73.9 cm³/mol. The first kappa shape index (κ1) is 15.1. The fraction of sp³-hybridized carbons (Fsp3) is 0.357. The second-order valence-electron chi connectivity index (χ2n) is 4.55. The van der Waals surface area contributed by atoms with E-state index in [2.05, 4.69) is 5.10 Å². The quantitative estimate of drug-likeness (QED) is 0.622. The largest absolute Gasteiger partial charge is 0.270 e. The van der Waals surface area contributed by atoms with Crippen LogP contribution in [-0.4, -0.2) is 14.7 Å².